The zero-order valence-corrected chi connectivity index (χ0v) is 11.2. The van der Waals surface area contributed by atoms with E-state index in [1.807, 2.05) is 0 Å². The Morgan fingerprint density at radius 1 is 1.18 bits per heavy atom. The van der Waals surface area contributed by atoms with Crippen LogP contribution in [0.4, 0.5) is 0 Å². The van der Waals surface area contributed by atoms with Gasteiger partial charge in [-0.15, -0.1) is 0 Å². The summed E-state index contributed by atoms with van der Waals surface area (Å²) in [7, 11) is 0. The first kappa shape index (κ1) is 14.2. The monoisotopic (exact) mass is 236 g/mol. The quantitative estimate of drug-likeness (QED) is 0.737. The second kappa shape index (κ2) is 7.46. The van der Waals surface area contributed by atoms with Gasteiger partial charge in [0.1, 0.15) is 0 Å². The molecule has 0 aromatic heterocycles. The van der Waals surface area contributed by atoms with Gasteiger partial charge < -0.3 is 9.84 Å². The van der Waals surface area contributed by atoms with Crippen LogP contribution in [-0.2, 0) is 11.2 Å². The summed E-state index contributed by atoms with van der Waals surface area (Å²) in [6, 6.07) is 6.26. The zero-order valence-electron chi connectivity index (χ0n) is 11.2. The molecule has 1 unspecified atom stereocenters. The molecule has 1 N–H and O–H groups in total. The minimum atomic E-state index is -0.299. The Labute approximate surface area is 105 Å². The van der Waals surface area contributed by atoms with Crippen molar-refractivity contribution in [2.45, 2.75) is 46.1 Å². The lowest BCUT2D eigenvalue weighted by Crippen LogP contribution is -2.15. The Hall–Kier alpha value is -0.860. The molecular formula is C15H24O2. The lowest BCUT2D eigenvalue weighted by molar-refractivity contribution is 0.0823. The molecule has 1 aromatic carbocycles. The number of benzene rings is 1. The van der Waals surface area contributed by atoms with Gasteiger partial charge in [0, 0.05) is 13.2 Å². The molecule has 0 fully saturated rings. The number of aryl methyl sites for hydroxylation is 2. The van der Waals surface area contributed by atoms with Crippen LogP contribution >= 0.6 is 0 Å². The molecule has 2 heteroatoms. The van der Waals surface area contributed by atoms with E-state index in [9.17, 15) is 5.11 Å². The van der Waals surface area contributed by atoms with Crippen LogP contribution in [0.2, 0.25) is 0 Å². The molecule has 0 saturated carbocycles. The van der Waals surface area contributed by atoms with Gasteiger partial charge in [0.05, 0.1) is 6.10 Å². The number of ether oxygens (including phenoxy) is 1. The molecular weight excluding hydrogens is 212 g/mol. The van der Waals surface area contributed by atoms with Gasteiger partial charge in [0.25, 0.3) is 0 Å². The molecule has 0 spiro atoms. The average molecular weight is 236 g/mol. The molecule has 0 amide bonds. The summed E-state index contributed by atoms with van der Waals surface area (Å²) in [6.45, 7) is 7.73. The van der Waals surface area contributed by atoms with Gasteiger partial charge in [-0.3, -0.25) is 0 Å². The van der Waals surface area contributed by atoms with E-state index in [2.05, 4.69) is 39.0 Å². The Balaban J connectivity index is 2.42. The molecule has 17 heavy (non-hydrogen) atoms. The first-order chi connectivity index (χ1) is 8.15. The highest BCUT2D eigenvalue weighted by atomic mass is 16.5. The molecule has 1 aromatic rings. The molecule has 0 aliphatic heterocycles. The molecule has 0 radical (unpaired) electrons. The van der Waals surface area contributed by atoms with Crippen molar-refractivity contribution >= 4 is 0 Å². The van der Waals surface area contributed by atoms with Crippen molar-refractivity contribution < 1.29 is 9.84 Å². The number of rotatable bonds is 7. The van der Waals surface area contributed by atoms with E-state index < -0.39 is 0 Å². The third-order valence-corrected chi connectivity index (χ3v) is 3.03. The minimum Gasteiger partial charge on any atom is -0.393 e. The first-order valence-corrected chi connectivity index (χ1v) is 6.46. The first-order valence-electron chi connectivity index (χ1n) is 6.46. The summed E-state index contributed by atoms with van der Waals surface area (Å²) in [6.07, 6.45) is 2.18. The van der Waals surface area contributed by atoms with Crippen molar-refractivity contribution in [2.75, 3.05) is 13.2 Å². The Kier molecular flexibility index (Phi) is 6.23. The Morgan fingerprint density at radius 3 is 2.41 bits per heavy atom. The fourth-order valence-corrected chi connectivity index (χ4v) is 1.97. The highest BCUT2D eigenvalue weighted by Gasteiger charge is 2.09. The van der Waals surface area contributed by atoms with Crippen LogP contribution in [0.1, 0.15) is 36.5 Å². The fourth-order valence-electron chi connectivity index (χ4n) is 1.97. The summed E-state index contributed by atoms with van der Waals surface area (Å²) in [5.74, 6) is 0. The van der Waals surface area contributed by atoms with E-state index in [1.165, 1.54) is 16.7 Å². The third kappa shape index (κ3) is 4.88. The van der Waals surface area contributed by atoms with E-state index in [1.54, 1.807) is 0 Å². The van der Waals surface area contributed by atoms with Crippen LogP contribution < -0.4 is 0 Å². The van der Waals surface area contributed by atoms with Crippen LogP contribution in [0.5, 0.6) is 0 Å². The highest BCUT2D eigenvalue weighted by Crippen LogP contribution is 2.16. The molecule has 0 heterocycles. The number of hydrogen-bond acceptors (Lipinski definition) is 2. The lowest BCUT2D eigenvalue weighted by atomic mass is 9.96. The normalized spacial score (nSPS) is 12.7. The van der Waals surface area contributed by atoms with Crippen molar-refractivity contribution in [3.05, 3.63) is 34.9 Å². The predicted molar refractivity (Wildman–Crippen MR) is 71.4 cm³/mol. The van der Waals surface area contributed by atoms with Gasteiger partial charge in [-0.25, -0.2) is 0 Å². The summed E-state index contributed by atoms with van der Waals surface area (Å²) in [4.78, 5) is 0. The van der Waals surface area contributed by atoms with E-state index in [0.717, 1.165) is 19.4 Å². The molecule has 0 aliphatic rings. The largest absolute Gasteiger partial charge is 0.393 e. The maximum Gasteiger partial charge on any atom is 0.0602 e. The molecule has 1 atom stereocenters. The number of aliphatic hydroxyl groups is 1. The average Bonchev–Trinajstić information content (AvgIpc) is 2.30. The van der Waals surface area contributed by atoms with Gasteiger partial charge in [0.15, 0.2) is 0 Å². The lowest BCUT2D eigenvalue weighted by Gasteiger charge is -2.14. The second-order valence-electron chi connectivity index (χ2n) is 4.63. The number of aliphatic hydroxyl groups excluding tert-OH is 1. The minimum absolute atomic E-state index is 0.299. The molecule has 2 nitrogen and oxygen atoms in total. The standard InChI is InChI=1S/C15H24O2/c1-4-9-17-10-8-14(16)11-15-12(2)6-5-7-13(15)3/h5-7,14,16H,4,8-11H2,1-3H3. The Bertz CT molecular complexity index is 313. The molecule has 0 saturated heterocycles. The maximum atomic E-state index is 9.97. The van der Waals surface area contributed by atoms with Crippen LogP contribution in [-0.4, -0.2) is 24.4 Å². The van der Waals surface area contributed by atoms with Crippen LogP contribution in [0, 0.1) is 13.8 Å². The van der Waals surface area contributed by atoms with E-state index in [0.29, 0.717) is 13.0 Å². The van der Waals surface area contributed by atoms with Crippen molar-refractivity contribution in [3.8, 4) is 0 Å². The van der Waals surface area contributed by atoms with Crippen LogP contribution in [0.15, 0.2) is 18.2 Å². The van der Waals surface area contributed by atoms with Crippen molar-refractivity contribution in [1.82, 2.24) is 0 Å². The van der Waals surface area contributed by atoms with Gasteiger partial charge in [-0.05, 0) is 49.8 Å². The van der Waals surface area contributed by atoms with Crippen LogP contribution in [0.3, 0.4) is 0 Å². The summed E-state index contributed by atoms with van der Waals surface area (Å²) in [5.41, 5.74) is 3.80. The predicted octanol–water partition coefficient (Wildman–Crippen LogP) is 3.02. The van der Waals surface area contributed by atoms with E-state index in [-0.39, 0.29) is 6.10 Å². The van der Waals surface area contributed by atoms with Crippen molar-refractivity contribution in [1.29, 1.82) is 0 Å². The van der Waals surface area contributed by atoms with Gasteiger partial charge >= 0.3 is 0 Å². The zero-order chi connectivity index (χ0) is 12.7. The summed E-state index contributed by atoms with van der Waals surface area (Å²) >= 11 is 0. The Morgan fingerprint density at radius 2 is 1.82 bits per heavy atom. The third-order valence-electron chi connectivity index (χ3n) is 3.03. The SMILES string of the molecule is CCCOCCC(O)Cc1c(C)cccc1C. The molecule has 0 aliphatic carbocycles. The summed E-state index contributed by atoms with van der Waals surface area (Å²) in [5, 5.41) is 9.97. The van der Waals surface area contributed by atoms with Crippen molar-refractivity contribution in [3.63, 3.8) is 0 Å². The fraction of sp³-hybridized carbons (Fsp3) is 0.600. The van der Waals surface area contributed by atoms with Gasteiger partial charge in [0.2, 0.25) is 0 Å². The molecule has 96 valence electrons. The maximum absolute atomic E-state index is 9.97. The van der Waals surface area contributed by atoms with Gasteiger partial charge in [-0.2, -0.15) is 0 Å². The van der Waals surface area contributed by atoms with Gasteiger partial charge in [-0.1, -0.05) is 25.1 Å². The second-order valence-corrected chi connectivity index (χ2v) is 4.63. The summed E-state index contributed by atoms with van der Waals surface area (Å²) < 4.78 is 5.39. The highest BCUT2D eigenvalue weighted by molar-refractivity contribution is 5.33. The van der Waals surface area contributed by atoms with E-state index in [4.69, 9.17) is 4.74 Å². The van der Waals surface area contributed by atoms with Crippen molar-refractivity contribution in [2.24, 2.45) is 0 Å². The molecule has 0 bridgehead atoms. The molecule has 1 rings (SSSR count). The topological polar surface area (TPSA) is 29.5 Å². The van der Waals surface area contributed by atoms with E-state index >= 15 is 0 Å². The number of hydrogen-bond donors (Lipinski definition) is 1. The smallest absolute Gasteiger partial charge is 0.0602 e. The van der Waals surface area contributed by atoms with Crippen LogP contribution in [0.25, 0.3) is 0 Å².